The van der Waals surface area contributed by atoms with Crippen molar-refractivity contribution in [1.82, 2.24) is 5.01 Å². The summed E-state index contributed by atoms with van der Waals surface area (Å²) in [6.07, 6.45) is 6.66. The molecule has 0 radical (unpaired) electrons. The van der Waals surface area contributed by atoms with Crippen LogP contribution in [0.2, 0.25) is 0 Å². The normalized spacial score (nSPS) is 29.3. The molecule has 1 saturated carbocycles. The Morgan fingerprint density at radius 1 is 1.04 bits per heavy atom. The van der Waals surface area contributed by atoms with Gasteiger partial charge in [0.05, 0.1) is 25.2 Å². The third-order valence-corrected chi connectivity index (χ3v) is 5.90. The highest BCUT2D eigenvalue weighted by Crippen LogP contribution is 2.52. The number of nitrogens with zero attached hydrogens (tertiary/aromatic N) is 2. The highest BCUT2D eigenvalue weighted by Gasteiger charge is 2.59. The minimum atomic E-state index is -0.232. The van der Waals surface area contributed by atoms with Crippen LogP contribution in [0.25, 0.3) is 10.8 Å². The van der Waals surface area contributed by atoms with Gasteiger partial charge in [-0.2, -0.15) is 10.1 Å². The van der Waals surface area contributed by atoms with Gasteiger partial charge in [0, 0.05) is 5.56 Å². The van der Waals surface area contributed by atoms with Crippen molar-refractivity contribution in [3.05, 3.63) is 54.1 Å². The Morgan fingerprint density at radius 3 is 2.42 bits per heavy atom. The molecule has 2 aromatic rings. The van der Waals surface area contributed by atoms with E-state index >= 15 is 0 Å². The third kappa shape index (κ3) is 2.00. The monoisotopic (exact) mass is 346 g/mol. The van der Waals surface area contributed by atoms with Crippen LogP contribution >= 0.6 is 0 Å². The van der Waals surface area contributed by atoms with Crippen LogP contribution in [0.5, 0.6) is 5.75 Å². The summed E-state index contributed by atoms with van der Waals surface area (Å²) >= 11 is 0. The maximum Gasteiger partial charge on any atom is 0.254 e. The molecule has 1 aliphatic heterocycles. The molecule has 0 aromatic heterocycles. The number of hydrogen-bond donors (Lipinski definition) is 0. The van der Waals surface area contributed by atoms with Gasteiger partial charge in [-0.15, -0.1) is 0 Å². The number of allylic oxidation sites excluding steroid dienone is 2. The largest absolute Gasteiger partial charge is 0.496 e. The fourth-order valence-electron chi connectivity index (χ4n) is 4.70. The van der Waals surface area contributed by atoms with Gasteiger partial charge >= 0.3 is 0 Å². The zero-order chi connectivity index (χ0) is 17.8. The molecule has 5 heteroatoms. The SMILES string of the molecule is COc1ccc2ccccc2c1/C=N\N1C(=O)[C@@H]2[C@H](C1=O)[C@H]1C=C[C@H]2C1. The minimum absolute atomic E-state index is 0.174. The number of amides is 2. The van der Waals surface area contributed by atoms with Gasteiger partial charge in [0.1, 0.15) is 5.75 Å². The van der Waals surface area contributed by atoms with Crippen molar-refractivity contribution in [3.63, 3.8) is 0 Å². The number of hydrogen-bond acceptors (Lipinski definition) is 4. The van der Waals surface area contributed by atoms with E-state index in [1.807, 2.05) is 36.4 Å². The highest BCUT2D eigenvalue weighted by atomic mass is 16.5. The summed E-state index contributed by atoms with van der Waals surface area (Å²) in [5, 5.41) is 7.39. The molecule has 0 unspecified atom stereocenters. The van der Waals surface area contributed by atoms with Crippen molar-refractivity contribution in [2.75, 3.05) is 7.11 Å². The summed E-state index contributed by atoms with van der Waals surface area (Å²) in [4.78, 5) is 25.5. The Hall–Kier alpha value is -2.95. The number of carbonyl (C=O) groups is 2. The first-order valence-corrected chi connectivity index (χ1v) is 8.85. The van der Waals surface area contributed by atoms with Crippen LogP contribution in [0.1, 0.15) is 12.0 Å². The lowest BCUT2D eigenvalue weighted by Crippen LogP contribution is -2.28. The number of imide groups is 1. The van der Waals surface area contributed by atoms with Crippen molar-refractivity contribution in [2.45, 2.75) is 6.42 Å². The van der Waals surface area contributed by atoms with Crippen molar-refractivity contribution >= 4 is 28.8 Å². The second kappa shape index (κ2) is 5.53. The summed E-state index contributed by atoms with van der Waals surface area (Å²) in [7, 11) is 1.60. The smallest absolute Gasteiger partial charge is 0.254 e. The lowest BCUT2D eigenvalue weighted by molar-refractivity contribution is -0.140. The molecule has 3 aliphatic rings. The number of methoxy groups -OCH3 is 1. The molecule has 2 aromatic carbocycles. The molecule has 4 atom stereocenters. The standard InChI is InChI=1S/C21H18N2O3/c1-26-17-9-8-12-4-2-3-5-15(12)16(17)11-22-23-20(24)18-13-6-7-14(10-13)19(18)21(23)25/h2-9,11,13-14,18-19H,10H2,1H3/b22-11-/t13-,14-,18-,19+/m0/s1. The van der Waals surface area contributed by atoms with Gasteiger partial charge in [0.15, 0.2) is 0 Å². The van der Waals surface area contributed by atoms with E-state index in [1.165, 1.54) is 0 Å². The maximum atomic E-state index is 12.8. The molecule has 2 aliphatic carbocycles. The number of benzene rings is 2. The Bertz CT molecular complexity index is 964. The molecule has 26 heavy (non-hydrogen) atoms. The van der Waals surface area contributed by atoms with E-state index in [4.69, 9.17) is 4.74 Å². The van der Waals surface area contributed by atoms with Crippen molar-refractivity contribution in [1.29, 1.82) is 0 Å². The van der Waals surface area contributed by atoms with Crippen LogP contribution in [-0.2, 0) is 9.59 Å². The van der Waals surface area contributed by atoms with Crippen LogP contribution in [0.15, 0.2) is 53.7 Å². The van der Waals surface area contributed by atoms with Crippen LogP contribution < -0.4 is 4.74 Å². The molecule has 2 fully saturated rings. The summed E-state index contributed by atoms with van der Waals surface area (Å²) in [6.45, 7) is 0. The van der Waals surface area contributed by atoms with E-state index in [-0.39, 0.29) is 35.5 Å². The van der Waals surface area contributed by atoms with Crippen LogP contribution in [-0.4, -0.2) is 30.1 Å². The van der Waals surface area contributed by atoms with Crippen molar-refractivity contribution in [2.24, 2.45) is 28.8 Å². The van der Waals surface area contributed by atoms with Crippen molar-refractivity contribution in [3.8, 4) is 5.75 Å². The zero-order valence-electron chi connectivity index (χ0n) is 14.3. The molecule has 0 N–H and O–H groups in total. The van der Waals surface area contributed by atoms with Gasteiger partial charge < -0.3 is 4.74 Å². The number of ether oxygens (including phenoxy) is 1. The lowest BCUT2D eigenvalue weighted by Gasteiger charge is -2.13. The molecule has 5 nitrogen and oxygen atoms in total. The Kier molecular flexibility index (Phi) is 3.26. The molecule has 2 bridgehead atoms. The topological polar surface area (TPSA) is 59.0 Å². The molecule has 1 heterocycles. The molecule has 0 spiro atoms. The van der Waals surface area contributed by atoms with E-state index in [0.717, 1.165) is 27.8 Å². The van der Waals surface area contributed by atoms with Gasteiger partial charge in [-0.3, -0.25) is 9.59 Å². The van der Waals surface area contributed by atoms with E-state index < -0.39 is 0 Å². The van der Waals surface area contributed by atoms with Crippen molar-refractivity contribution < 1.29 is 14.3 Å². The summed E-state index contributed by atoms with van der Waals surface area (Å²) in [6, 6.07) is 11.7. The first-order valence-electron chi connectivity index (χ1n) is 8.85. The predicted octanol–water partition coefficient (Wildman–Crippen LogP) is 2.99. The van der Waals surface area contributed by atoms with E-state index in [0.29, 0.717) is 5.75 Å². The maximum absolute atomic E-state index is 12.8. The Labute approximate surface area is 150 Å². The lowest BCUT2D eigenvalue weighted by atomic mass is 9.85. The van der Waals surface area contributed by atoms with E-state index in [2.05, 4.69) is 17.3 Å². The second-order valence-electron chi connectivity index (χ2n) is 7.14. The first kappa shape index (κ1) is 15.3. The summed E-state index contributed by atoms with van der Waals surface area (Å²) < 4.78 is 5.45. The highest BCUT2D eigenvalue weighted by molar-refractivity contribution is 6.08. The third-order valence-electron chi connectivity index (χ3n) is 5.90. The Morgan fingerprint density at radius 2 is 1.73 bits per heavy atom. The summed E-state index contributed by atoms with van der Waals surface area (Å²) in [5.41, 5.74) is 0.768. The zero-order valence-corrected chi connectivity index (χ0v) is 14.3. The molecule has 1 saturated heterocycles. The molecule has 5 rings (SSSR count). The Balaban J connectivity index is 1.53. The second-order valence-corrected chi connectivity index (χ2v) is 7.14. The number of hydrazone groups is 1. The van der Waals surface area contributed by atoms with Gasteiger partial charge in [-0.25, -0.2) is 0 Å². The number of fused-ring (bicyclic) bond motifs is 6. The fourth-order valence-corrected chi connectivity index (χ4v) is 4.70. The van der Waals surface area contributed by atoms with E-state index in [1.54, 1.807) is 13.3 Å². The average Bonchev–Trinajstić information content (AvgIpc) is 3.34. The van der Waals surface area contributed by atoms with Gasteiger partial charge in [0.25, 0.3) is 11.8 Å². The first-order chi connectivity index (χ1) is 12.7. The van der Waals surface area contributed by atoms with Crippen LogP contribution in [0, 0.1) is 23.7 Å². The van der Waals surface area contributed by atoms with Gasteiger partial charge in [-0.1, -0.05) is 42.5 Å². The minimum Gasteiger partial charge on any atom is -0.496 e. The predicted molar refractivity (Wildman–Crippen MR) is 97.7 cm³/mol. The quantitative estimate of drug-likeness (QED) is 0.488. The van der Waals surface area contributed by atoms with Crippen LogP contribution in [0.4, 0.5) is 0 Å². The number of carbonyl (C=O) groups excluding carboxylic acids is 2. The molecular weight excluding hydrogens is 328 g/mol. The number of rotatable bonds is 3. The van der Waals surface area contributed by atoms with Gasteiger partial charge in [0.2, 0.25) is 0 Å². The van der Waals surface area contributed by atoms with Gasteiger partial charge in [-0.05, 0) is 35.1 Å². The molecular formula is C21H18N2O3. The van der Waals surface area contributed by atoms with E-state index in [9.17, 15) is 9.59 Å². The summed E-state index contributed by atoms with van der Waals surface area (Å²) in [5.74, 6) is 0.226. The molecule has 2 amide bonds. The fraction of sp³-hybridized carbons (Fsp3) is 0.286. The molecule has 130 valence electrons. The van der Waals surface area contributed by atoms with Crippen LogP contribution in [0.3, 0.4) is 0 Å². The average molecular weight is 346 g/mol.